The number of nitrogens with zero attached hydrogens (tertiary/aromatic N) is 4. The minimum atomic E-state index is -0.235. The first kappa shape index (κ1) is 9.89. The third kappa shape index (κ3) is 1.87. The maximum Gasteiger partial charge on any atom is 0.131 e. The van der Waals surface area contributed by atoms with E-state index in [-0.39, 0.29) is 5.82 Å². The summed E-state index contributed by atoms with van der Waals surface area (Å²) in [7, 11) is 0. The van der Waals surface area contributed by atoms with Gasteiger partial charge in [-0.15, -0.1) is 5.10 Å². The predicted molar refractivity (Wildman–Crippen MR) is 60.8 cm³/mol. The van der Waals surface area contributed by atoms with E-state index >= 15 is 0 Å². The van der Waals surface area contributed by atoms with E-state index in [1.165, 1.54) is 12.1 Å². The van der Waals surface area contributed by atoms with Crippen LogP contribution in [0.15, 0.2) is 42.7 Å². The van der Waals surface area contributed by atoms with E-state index in [1.807, 2.05) is 6.07 Å². The molecule has 0 aliphatic carbocycles. The smallest absolute Gasteiger partial charge is 0.131 e. The monoisotopic (exact) mass is 228 g/mol. The molecule has 2 aromatic heterocycles. The second-order valence-electron chi connectivity index (χ2n) is 3.74. The van der Waals surface area contributed by atoms with Crippen LogP contribution in [0, 0.1) is 5.82 Å². The van der Waals surface area contributed by atoms with E-state index in [9.17, 15) is 4.39 Å². The molecule has 5 heteroatoms. The highest BCUT2D eigenvalue weighted by atomic mass is 19.1. The van der Waals surface area contributed by atoms with Crippen LogP contribution in [0.1, 0.15) is 5.56 Å². The van der Waals surface area contributed by atoms with Crippen LogP contribution < -0.4 is 0 Å². The standard InChI is InChI=1S/C12H9FN4/c13-10-3-1-9(2-4-10)8-17-12-5-6-14-7-11(12)15-16-17/h1-7H,8H2. The fraction of sp³-hybridized carbons (Fsp3) is 0.0833. The zero-order valence-corrected chi connectivity index (χ0v) is 8.92. The summed E-state index contributed by atoms with van der Waals surface area (Å²) in [6.45, 7) is 0.570. The predicted octanol–water partition coefficient (Wildman–Crippen LogP) is 2.01. The highest BCUT2D eigenvalue weighted by molar-refractivity contribution is 5.72. The zero-order valence-electron chi connectivity index (χ0n) is 8.92. The topological polar surface area (TPSA) is 43.6 Å². The molecule has 0 unspecified atom stereocenters. The summed E-state index contributed by atoms with van der Waals surface area (Å²) in [4.78, 5) is 3.98. The van der Waals surface area contributed by atoms with E-state index in [0.717, 1.165) is 16.6 Å². The second kappa shape index (κ2) is 3.93. The van der Waals surface area contributed by atoms with Crippen LogP contribution >= 0.6 is 0 Å². The Labute approximate surface area is 96.7 Å². The molecule has 4 nitrogen and oxygen atoms in total. The molecule has 3 aromatic rings. The van der Waals surface area contributed by atoms with Crippen molar-refractivity contribution < 1.29 is 4.39 Å². The molecule has 0 fully saturated rings. The Balaban J connectivity index is 1.97. The SMILES string of the molecule is Fc1ccc(Cn2nnc3cnccc32)cc1. The largest absolute Gasteiger partial charge is 0.262 e. The number of pyridine rings is 1. The first-order chi connectivity index (χ1) is 8.33. The van der Waals surface area contributed by atoms with Crippen molar-refractivity contribution in [3.63, 3.8) is 0 Å². The quantitative estimate of drug-likeness (QED) is 0.674. The lowest BCUT2D eigenvalue weighted by Gasteiger charge is -2.02. The number of fused-ring (bicyclic) bond motifs is 1. The van der Waals surface area contributed by atoms with Crippen molar-refractivity contribution in [2.24, 2.45) is 0 Å². The fourth-order valence-electron chi connectivity index (χ4n) is 1.70. The molecule has 0 saturated heterocycles. The Bertz CT molecular complexity index is 645. The van der Waals surface area contributed by atoms with Gasteiger partial charge in [0.25, 0.3) is 0 Å². The first-order valence-corrected chi connectivity index (χ1v) is 5.20. The zero-order chi connectivity index (χ0) is 11.7. The van der Waals surface area contributed by atoms with E-state index in [0.29, 0.717) is 6.54 Å². The molecule has 17 heavy (non-hydrogen) atoms. The molecule has 0 spiro atoms. The average molecular weight is 228 g/mol. The van der Waals surface area contributed by atoms with E-state index < -0.39 is 0 Å². The molecule has 0 aliphatic heterocycles. The van der Waals surface area contributed by atoms with Gasteiger partial charge in [0.05, 0.1) is 18.3 Å². The number of halogens is 1. The van der Waals surface area contributed by atoms with Gasteiger partial charge in [-0.25, -0.2) is 9.07 Å². The first-order valence-electron chi connectivity index (χ1n) is 5.20. The lowest BCUT2D eigenvalue weighted by atomic mass is 10.2. The van der Waals surface area contributed by atoms with Crippen molar-refractivity contribution in [3.05, 3.63) is 54.1 Å². The van der Waals surface area contributed by atoms with Gasteiger partial charge in [0.15, 0.2) is 0 Å². The van der Waals surface area contributed by atoms with Crippen LogP contribution in [-0.4, -0.2) is 20.0 Å². The molecular weight excluding hydrogens is 219 g/mol. The van der Waals surface area contributed by atoms with Crippen molar-refractivity contribution in [3.8, 4) is 0 Å². The molecular formula is C12H9FN4. The third-order valence-corrected chi connectivity index (χ3v) is 2.56. The lowest BCUT2D eigenvalue weighted by Crippen LogP contribution is -2.01. The molecule has 0 atom stereocenters. The van der Waals surface area contributed by atoms with Crippen molar-refractivity contribution in [2.75, 3.05) is 0 Å². The van der Waals surface area contributed by atoms with E-state index in [2.05, 4.69) is 15.3 Å². The molecule has 0 bridgehead atoms. The number of hydrogen-bond donors (Lipinski definition) is 0. The second-order valence-corrected chi connectivity index (χ2v) is 3.74. The summed E-state index contributed by atoms with van der Waals surface area (Å²) in [6.07, 6.45) is 3.37. The minimum Gasteiger partial charge on any atom is -0.262 e. The van der Waals surface area contributed by atoms with Gasteiger partial charge >= 0.3 is 0 Å². The summed E-state index contributed by atoms with van der Waals surface area (Å²) in [5.74, 6) is -0.235. The Kier molecular flexibility index (Phi) is 2.29. The van der Waals surface area contributed by atoms with E-state index in [4.69, 9.17) is 0 Å². The minimum absolute atomic E-state index is 0.235. The summed E-state index contributed by atoms with van der Waals surface area (Å²) >= 11 is 0. The molecule has 0 aliphatic rings. The normalized spacial score (nSPS) is 10.9. The summed E-state index contributed by atoms with van der Waals surface area (Å²) in [5, 5.41) is 8.05. The molecule has 84 valence electrons. The maximum absolute atomic E-state index is 12.8. The Morgan fingerprint density at radius 2 is 1.94 bits per heavy atom. The van der Waals surface area contributed by atoms with Gasteiger partial charge in [-0.3, -0.25) is 4.98 Å². The van der Waals surface area contributed by atoms with Gasteiger partial charge in [-0.1, -0.05) is 17.3 Å². The molecule has 3 rings (SSSR count). The van der Waals surface area contributed by atoms with Gasteiger partial charge < -0.3 is 0 Å². The van der Waals surface area contributed by atoms with Crippen LogP contribution in [0.25, 0.3) is 11.0 Å². The van der Waals surface area contributed by atoms with Gasteiger partial charge in [-0.05, 0) is 23.8 Å². The van der Waals surface area contributed by atoms with E-state index in [1.54, 1.807) is 29.2 Å². The van der Waals surface area contributed by atoms with Gasteiger partial charge in [0.1, 0.15) is 11.3 Å². The lowest BCUT2D eigenvalue weighted by molar-refractivity contribution is 0.624. The molecule has 1 aromatic carbocycles. The average Bonchev–Trinajstić information content (AvgIpc) is 2.76. The van der Waals surface area contributed by atoms with Gasteiger partial charge in [-0.2, -0.15) is 0 Å². The number of hydrogen-bond acceptors (Lipinski definition) is 3. The molecule has 2 heterocycles. The summed E-state index contributed by atoms with van der Waals surface area (Å²) in [6, 6.07) is 8.22. The van der Waals surface area contributed by atoms with Crippen LogP contribution in [-0.2, 0) is 6.54 Å². The highest BCUT2D eigenvalue weighted by Crippen LogP contribution is 2.11. The van der Waals surface area contributed by atoms with Gasteiger partial charge in [0.2, 0.25) is 0 Å². The van der Waals surface area contributed by atoms with Crippen LogP contribution in [0.2, 0.25) is 0 Å². The van der Waals surface area contributed by atoms with Crippen molar-refractivity contribution in [2.45, 2.75) is 6.54 Å². The van der Waals surface area contributed by atoms with Crippen molar-refractivity contribution in [1.29, 1.82) is 0 Å². The number of aromatic nitrogens is 4. The van der Waals surface area contributed by atoms with Crippen molar-refractivity contribution in [1.82, 2.24) is 20.0 Å². The highest BCUT2D eigenvalue weighted by Gasteiger charge is 2.04. The Hall–Kier alpha value is -2.30. The molecule has 0 saturated carbocycles. The molecule has 0 N–H and O–H groups in total. The maximum atomic E-state index is 12.8. The Morgan fingerprint density at radius 3 is 2.76 bits per heavy atom. The number of rotatable bonds is 2. The van der Waals surface area contributed by atoms with Crippen LogP contribution in [0.3, 0.4) is 0 Å². The van der Waals surface area contributed by atoms with Crippen molar-refractivity contribution >= 4 is 11.0 Å². The summed E-state index contributed by atoms with van der Waals surface area (Å²) in [5.41, 5.74) is 2.66. The molecule has 0 amide bonds. The molecule has 0 radical (unpaired) electrons. The van der Waals surface area contributed by atoms with Crippen LogP contribution in [0.5, 0.6) is 0 Å². The Morgan fingerprint density at radius 1 is 1.12 bits per heavy atom. The van der Waals surface area contributed by atoms with Gasteiger partial charge in [0, 0.05) is 6.20 Å². The summed E-state index contributed by atoms with van der Waals surface area (Å²) < 4.78 is 14.5. The number of benzene rings is 1. The fourth-order valence-corrected chi connectivity index (χ4v) is 1.70. The third-order valence-electron chi connectivity index (χ3n) is 2.56. The van der Waals surface area contributed by atoms with Crippen LogP contribution in [0.4, 0.5) is 4.39 Å².